The van der Waals surface area contributed by atoms with Crippen LogP contribution in [0.5, 0.6) is 0 Å². The van der Waals surface area contributed by atoms with Gasteiger partial charge in [0.05, 0.1) is 6.61 Å². The van der Waals surface area contributed by atoms with Crippen molar-refractivity contribution in [3.05, 3.63) is 35.4 Å². The van der Waals surface area contributed by atoms with Crippen molar-refractivity contribution in [1.82, 2.24) is 10.2 Å². The zero-order valence-corrected chi connectivity index (χ0v) is 13.8. The average Bonchev–Trinajstić information content (AvgIpc) is 3.32. The largest absolute Gasteiger partial charge is 0.383 e. The first-order chi connectivity index (χ1) is 10.2. The third-order valence-corrected chi connectivity index (χ3v) is 4.28. The number of benzene rings is 1. The second-order valence-electron chi connectivity index (χ2n) is 6.07. The van der Waals surface area contributed by atoms with E-state index in [-0.39, 0.29) is 0 Å². The monoisotopic (exact) mass is 290 g/mol. The summed E-state index contributed by atoms with van der Waals surface area (Å²) in [6.45, 7) is 8.40. The smallest absolute Gasteiger partial charge is 0.0589 e. The maximum absolute atomic E-state index is 5.25. The summed E-state index contributed by atoms with van der Waals surface area (Å²) >= 11 is 0. The van der Waals surface area contributed by atoms with Crippen molar-refractivity contribution in [2.24, 2.45) is 0 Å². The minimum atomic E-state index is 0.458. The van der Waals surface area contributed by atoms with Crippen molar-refractivity contribution in [3.8, 4) is 0 Å². The molecule has 1 saturated carbocycles. The molecule has 0 aromatic heterocycles. The molecule has 1 aliphatic carbocycles. The lowest BCUT2D eigenvalue weighted by Crippen LogP contribution is -2.33. The number of nitrogens with one attached hydrogen (secondary N) is 1. The van der Waals surface area contributed by atoms with E-state index in [0.717, 1.165) is 38.7 Å². The molecule has 0 heterocycles. The predicted octanol–water partition coefficient (Wildman–Crippen LogP) is 3.15. The highest BCUT2D eigenvalue weighted by Gasteiger charge is 2.28. The van der Waals surface area contributed by atoms with Gasteiger partial charge >= 0.3 is 0 Å². The summed E-state index contributed by atoms with van der Waals surface area (Å²) in [5, 5.41) is 3.63. The number of rotatable bonds is 10. The van der Waals surface area contributed by atoms with E-state index in [4.69, 9.17) is 4.74 Å². The van der Waals surface area contributed by atoms with Crippen LogP contribution in [0.3, 0.4) is 0 Å². The normalized spacial score (nSPS) is 16.4. The van der Waals surface area contributed by atoms with Crippen LogP contribution >= 0.6 is 0 Å². The van der Waals surface area contributed by atoms with E-state index >= 15 is 0 Å². The van der Waals surface area contributed by atoms with E-state index in [9.17, 15) is 0 Å². The average molecular weight is 290 g/mol. The van der Waals surface area contributed by atoms with Crippen molar-refractivity contribution >= 4 is 0 Å². The van der Waals surface area contributed by atoms with Gasteiger partial charge in [-0.05, 0) is 38.3 Å². The lowest BCUT2D eigenvalue weighted by atomic mass is 10.0. The Morgan fingerprint density at radius 1 is 1.24 bits per heavy atom. The zero-order valence-electron chi connectivity index (χ0n) is 13.8. The first-order valence-electron chi connectivity index (χ1n) is 8.27. The Bertz CT molecular complexity index is 400. The molecular weight excluding hydrogens is 260 g/mol. The number of hydrogen-bond acceptors (Lipinski definition) is 3. The standard InChI is InChI=1S/C18H30N2O/c1-4-19-18(16-7-5-15(2)6-8-16)11-12-20(13-14-21-3)17-9-10-17/h5-8,17-19H,4,9-14H2,1-3H3. The van der Waals surface area contributed by atoms with E-state index in [2.05, 4.69) is 48.3 Å². The molecule has 1 aliphatic rings. The van der Waals surface area contributed by atoms with Crippen LogP contribution in [0.2, 0.25) is 0 Å². The van der Waals surface area contributed by atoms with Crippen LogP contribution in [0.25, 0.3) is 0 Å². The summed E-state index contributed by atoms with van der Waals surface area (Å²) in [5.41, 5.74) is 2.73. The Labute approximate surface area is 129 Å². The highest BCUT2D eigenvalue weighted by molar-refractivity contribution is 5.24. The first kappa shape index (κ1) is 16.5. The van der Waals surface area contributed by atoms with Crippen LogP contribution in [0.4, 0.5) is 0 Å². The molecule has 1 N–H and O–H groups in total. The quantitative estimate of drug-likeness (QED) is 0.716. The highest BCUT2D eigenvalue weighted by Crippen LogP contribution is 2.28. The molecule has 0 aliphatic heterocycles. The Morgan fingerprint density at radius 2 is 1.95 bits per heavy atom. The lowest BCUT2D eigenvalue weighted by molar-refractivity contribution is 0.140. The number of methoxy groups -OCH3 is 1. The zero-order chi connectivity index (χ0) is 15.1. The molecule has 0 bridgehead atoms. The van der Waals surface area contributed by atoms with Crippen LogP contribution in [0, 0.1) is 6.92 Å². The topological polar surface area (TPSA) is 24.5 Å². The molecule has 118 valence electrons. The summed E-state index contributed by atoms with van der Waals surface area (Å²) in [7, 11) is 1.79. The van der Waals surface area contributed by atoms with Crippen molar-refractivity contribution in [2.45, 2.75) is 45.2 Å². The summed E-state index contributed by atoms with van der Waals surface area (Å²) in [4.78, 5) is 2.60. The molecule has 0 radical (unpaired) electrons. The second-order valence-corrected chi connectivity index (χ2v) is 6.07. The molecule has 1 atom stereocenters. The van der Waals surface area contributed by atoms with Crippen LogP contribution in [-0.2, 0) is 4.74 Å². The first-order valence-corrected chi connectivity index (χ1v) is 8.27. The van der Waals surface area contributed by atoms with E-state index in [1.54, 1.807) is 7.11 Å². The molecule has 21 heavy (non-hydrogen) atoms. The fourth-order valence-corrected chi connectivity index (χ4v) is 2.85. The second kappa shape index (κ2) is 8.52. The Balaban J connectivity index is 1.90. The molecule has 0 saturated heterocycles. The van der Waals surface area contributed by atoms with Gasteiger partial charge in [0.25, 0.3) is 0 Å². The molecule has 1 aromatic carbocycles. The van der Waals surface area contributed by atoms with Gasteiger partial charge in [-0.15, -0.1) is 0 Å². The van der Waals surface area contributed by atoms with Gasteiger partial charge in [-0.3, -0.25) is 4.90 Å². The molecule has 1 fully saturated rings. The maximum atomic E-state index is 5.25. The lowest BCUT2D eigenvalue weighted by Gasteiger charge is -2.25. The Hall–Kier alpha value is -0.900. The van der Waals surface area contributed by atoms with Gasteiger partial charge in [0.2, 0.25) is 0 Å². The SMILES string of the molecule is CCNC(CCN(CCOC)C1CC1)c1ccc(C)cc1. The van der Waals surface area contributed by atoms with Crippen molar-refractivity contribution in [3.63, 3.8) is 0 Å². The van der Waals surface area contributed by atoms with Crippen molar-refractivity contribution < 1.29 is 4.74 Å². The van der Waals surface area contributed by atoms with Crippen molar-refractivity contribution in [1.29, 1.82) is 0 Å². The van der Waals surface area contributed by atoms with E-state index in [1.807, 2.05) is 0 Å². The Kier molecular flexibility index (Phi) is 6.68. The molecule has 1 aromatic rings. The number of ether oxygens (including phenoxy) is 1. The summed E-state index contributed by atoms with van der Waals surface area (Å²) in [5.74, 6) is 0. The van der Waals surface area contributed by atoms with E-state index in [1.165, 1.54) is 24.0 Å². The molecule has 3 nitrogen and oxygen atoms in total. The third-order valence-electron chi connectivity index (χ3n) is 4.28. The van der Waals surface area contributed by atoms with Gasteiger partial charge in [0, 0.05) is 32.3 Å². The minimum Gasteiger partial charge on any atom is -0.383 e. The predicted molar refractivity (Wildman–Crippen MR) is 88.7 cm³/mol. The van der Waals surface area contributed by atoms with Gasteiger partial charge in [-0.2, -0.15) is 0 Å². The van der Waals surface area contributed by atoms with Crippen molar-refractivity contribution in [2.75, 3.05) is 33.4 Å². The van der Waals surface area contributed by atoms with Gasteiger partial charge in [-0.25, -0.2) is 0 Å². The fraction of sp³-hybridized carbons (Fsp3) is 0.667. The van der Waals surface area contributed by atoms with Crippen LogP contribution in [0.1, 0.15) is 43.4 Å². The number of nitrogens with zero attached hydrogens (tertiary/aromatic N) is 1. The van der Waals surface area contributed by atoms with Gasteiger partial charge < -0.3 is 10.1 Å². The molecule has 3 heteroatoms. The molecule has 1 unspecified atom stereocenters. The third kappa shape index (κ3) is 5.42. The van der Waals surface area contributed by atoms with Crippen LogP contribution in [-0.4, -0.2) is 44.3 Å². The number of aryl methyl sites for hydroxylation is 1. The highest BCUT2D eigenvalue weighted by atomic mass is 16.5. The molecule has 2 rings (SSSR count). The number of hydrogen-bond donors (Lipinski definition) is 1. The van der Waals surface area contributed by atoms with Gasteiger partial charge in [0.1, 0.15) is 0 Å². The summed E-state index contributed by atoms with van der Waals surface area (Å²) in [6.07, 6.45) is 3.89. The Morgan fingerprint density at radius 3 is 2.52 bits per heavy atom. The molecule has 0 amide bonds. The van der Waals surface area contributed by atoms with E-state index < -0.39 is 0 Å². The van der Waals surface area contributed by atoms with Gasteiger partial charge in [0.15, 0.2) is 0 Å². The summed E-state index contributed by atoms with van der Waals surface area (Å²) in [6, 6.07) is 10.2. The minimum absolute atomic E-state index is 0.458. The van der Waals surface area contributed by atoms with E-state index in [0.29, 0.717) is 6.04 Å². The van der Waals surface area contributed by atoms with Crippen LogP contribution in [0.15, 0.2) is 24.3 Å². The molecular formula is C18H30N2O. The fourth-order valence-electron chi connectivity index (χ4n) is 2.85. The molecule has 0 spiro atoms. The van der Waals surface area contributed by atoms with Gasteiger partial charge in [-0.1, -0.05) is 36.8 Å². The summed E-state index contributed by atoms with van der Waals surface area (Å²) < 4.78 is 5.25. The van der Waals surface area contributed by atoms with Crippen LogP contribution < -0.4 is 5.32 Å². The maximum Gasteiger partial charge on any atom is 0.0589 e.